The molecule has 0 amide bonds. The molecule has 3 heteroatoms. The maximum atomic E-state index is 4.39. The SMILES string of the molecule is CNC(CCc1ccc(Br)cn1)C(C)(C)C. The molecule has 0 saturated heterocycles. The first-order valence-electron chi connectivity index (χ1n) is 5.71. The second kappa shape index (κ2) is 5.78. The average molecular weight is 285 g/mol. The van der Waals surface area contributed by atoms with Crippen LogP contribution in [0.25, 0.3) is 0 Å². The van der Waals surface area contributed by atoms with Gasteiger partial charge in [0.1, 0.15) is 0 Å². The Hall–Kier alpha value is -0.410. The van der Waals surface area contributed by atoms with Crippen molar-refractivity contribution in [2.75, 3.05) is 7.05 Å². The molecule has 0 radical (unpaired) electrons. The van der Waals surface area contributed by atoms with E-state index in [0.717, 1.165) is 23.0 Å². The van der Waals surface area contributed by atoms with Gasteiger partial charge in [0.2, 0.25) is 0 Å². The lowest BCUT2D eigenvalue weighted by molar-refractivity contribution is 0.267. The van der Waals surface area contributed by atoms with Crippen LogP contribution in [-0.4, -0.2) is 18.1 Å². The minimum absolute atomic E-state index is 0.296. The summed E-state index contributed by atoms with van der Waals surface area (Å²) in [5.41, 5.74) is 1.46. The lowest BCUT2D eigenvalue weighted by Gasteiger charge is -2.30. The van der Waals surface area contributed by atoms with Gasteiger partial charge in [0.15, 0.2) is 0 Å². The van der Waals surface area contributed by atoms with Gasteiger partial charge in [0, 0.05) is 22.4 Å². The van der Waals surface area contributed by atoms with E-state index in [-0.39, 0.29) is 0 Å². The molecule has 0 saturated carbocycles. The third-order valence-electron chi connectivity index (χ3n) is 2.87. The van der Waals surface area contributed by atoms with E-state index < -0.39 is 0 Å². The molecule has 16 heavy (non-hydrogen) atoms. The Morgan fingerprint density at radius 2 is 2.06 bits per heavy atom. The van der Waals surface area contributed by atoms with Crippen LogP contribution in [0.4, 0.5) is 0 Å². The van der Waals surface area contributed by atoms with Crippen LogP contribution in [-0.2, 0) is 6.42 Å². The van der Waals surface area contributed by atoms with E-state index in [2.05, 4.69) is 53.1 Å². The normalized spacial score (nSPS) is 13.8. The third-order valence-corrected chi connectivity index (χ3v) is 3.34. The maximum absolute atomic E-state index is 4.39. The van der Waals surface area contributed by atoms with Crippen LogP contribution in [0.1, 0.15) is 32.9 Å². The van der Waals surface area contributed by atoms with Crippen molar-refractivity contribution in [2.45, 2.75) is 39.7 Å². The fourth-order valence-electron chi connectivity index (χ4n) is 1.86. The molecule has 0 aliphatic carbocycles. The zero-order valence-electron chi connectivity index (χ0n) is 10.5. The number of hydrogen-bond acceptors (Lipinski definition) is 2. The van der Waals surface area contributed by atoms with Gasteiger partial charge in [0.25, 0.3) is 0 Å². The van der Waals surface area contributed by atoms with Crippen molar-refractivity contribution >= 4 is 15.9 Å². The first kappa shape index (κ1) is 13.7. The molecular weight excluding hydrogens is 264 g/mol. The van der Waals surface area contributed by atoms with Crippen molar-refractivity contribution in [3.63, 3.8) is 0 Å². The Morgan fingerprint density at radius 3 is 2.50 bits per heavy atom. The lowest BCUT2D eigenvalue weighted by atomic mass is 9.84. The van der Waals surface area contributed by atoms with Crippen LogP contribution in [0.3, 0.4) is 0 Å². The summed E-state index contributed by atoms with van der Waals surface area (Å²) in [6.07, 6.45) is 4.01. The van der Waals surface area contributed by atoms with E-state index in [0.29, 0.717) is 11.5 Å². The molecule has 90 valence electrons. The van der Waals surface area contributed by atoms with Gasteiger partial charge in [-0.1, -0.05) is 20.8 Å². The summed E-state index contributed by atoms with van der Waals surface area (Å²) in [4.78, 5) is 4.39. The maximum Gasteiger partial charge on any atom is 0.0413 e. The highest BCUT2D eigenvalue weighted by Gasteiger charge is 2.22. The quantitative estimate of drug-likeness (QED) is 0.917. The number of rotatable bonds is 4. The standard InChI is InChI=1S/C13H21BrN2/c1-13(2,3)12(15-4)8-7-11-6-5-10(14)9-16-11/h5-6,9,12,15H,7-8H2,1-4H3. The zero-order valence-corrected chi connectivity index (χ0v) is 12.1. The van der Waals surface area contributed by atoms with Gasteiger partial charge >= 0.3 is 0 Å². The molecule has 1 N–H and O–H groups in total. The van der Waals surface area contributed by atoms with Crippen LogP contribution >= 0.6 is 15.9 Å². The topological polar surface area (TPSA) is 24.9 Å². The molecule has 1 unspecified atom stereocenters. The summed E-state index contributed by atoms with van der Waals surface area (Å²) in [6.45, 7) is 6.80. The zero-order chi connectivity index (χ0) is 12.2. The molecule has 1 rings (SSSR count). The monoisotopic (exact) mass is 284 g/mol. The Morgan fingerprint density at radius 1 is 1.38 bits per heavy atom. The Balaban J connectivity index is 2.53. The molecule has 0 fully saturated rings. The Kier molecular flexibility index (Phi) is 4.93. The Bertz CT molecular complexity index is 314. The molecule has 0 aromatic carbocycles. The molecule has 0 aliphatic heterocycles. The summed E-state index contributed by atoms with van der Waals surface area (Å²) < 4.78 is 1.04. The molecule has 0 aliphatic rings. The van der Waals surface area contributed by atoms with E-state index in [4.69, 9.17) is 0 Å². The van der Waals surface area contributed by atoms with Crippen molar-refractivity contribution in [3.05, 3.63) is 28.5 Å². The van der Waals surface area contributed by atoms with Gasteiger partial charge < -0.3 is 5.32 Å². The minimum Gasteiger partial charge on any atom is -0.316 e. The van der Waals surface area contributed by atoms with E-state index in [1.165, 1.54) is 0 Å². The van der Waals surface area contributed by atoms with Crippen LogP contribution < -0.4 is 5.32 Å². The minimum atomic E-state index is 0.296. The molecule has 0 spiro atoms. The van der Waals surface area contributed by atoms with Gasteiger partial charge in [-0.3, -0.25) is 4.98 Å². The highest BCUT2D eigenvalue weighted by atomic mass is 79.9. The second-order valence-electron chi connectivity index (χ2n) is 5.21. The summed E-state index contributed by atoms with van der Waals surface area (Å²) in [6, 6.07) is 4.66. The van der Waals surface area contributed by atoms with Crippen molar-refractivity contribution in [2.24, 2.45) is 5.41 Å². The molecule has 0 bridgehead atoms. The predicted molar refractivity (Wildman–Crippen MR) is 72.6 cm³/mol. The van der Waals surface area contributed by atoms with E-state index in [1.54, 1.807) is 0 Å². The van der Waals surface area contributed by atoms with Crippen LogP contribution in [0.5, 0.6) is 0 Å². The van der Waals surface area contributed by atoms with E-state index in [1.807, 2.05) is 19.3 Å². The third kappa shape index (κ3) is 4.22. The summed E-state index contributed by atoms with van der Waals surface area (Å²) >= 11 is 3.40. The number of hydrogen-bond donors (Lipinski definition) is 1. The van der Waals surface area contributed by atoms with Gasteiger partial charge in [-0.15, -0.1) is 0 Å². The molecule has 2 nitrogen and oxygen atoms in total. The van der Waals surface area contributed by atoms with Crippen molar-refractivity contribution < 1.29 is 0 Å². The van der Waals surface area contributed by atoms with E-state index >= 15 is 0 Å². The molecular formula is C13H21BrN2. The number of nitrogens with one attached hydrogen (secondary N) is 1. The number of nitrogens with zero attached hydrogens (tertiary/aromatic N) is 1. The lowest BCUT2D eigenvalue weighted by Crippen LogP contribution is -2.38. The number of aryl methyl sites for hydroxylation is 1. The van der Waals surface area contributed by atoms with Crippen LogP contribution in [0, 0.1) is 5.41 Å². The number of aromatic nitrogens is 1. The van der Waals surface area contributed by atoms with Crippen molar-refractivity contribution in [3.8, 4) is 0 Å². The van der Waals surface area contributed by atoms with Gasteiger partial charge in [0.05, 0.1) is 0 Å². The van der Waals surface area contributed by atoms with Gasteiger partial charge in [-0.2, -0.15) is 0 Å². The Labute approximate surface area is 107 Å². The van der Waals surface area contributed by atoms with Crippen LogP contribution in [0.2, 0.25) is 0 Å². The summed E-state index contributed by atoms with van der Waals surface area (Å²) in [5, 5.41) is 3.39. The van der Waals surface area contributed by atoms with Crippen LogP contribution in [0.15, 0.2) is 22.8 Å². The number of pyridine rings is 1. The van der Waals surface area contributed by atoms with E-state index in [9.17, 15) is 0 Å². The van der Waals surface area contributed by atoms with Gasteiger partial charge in [-0.25, -0.2) is 0 Å². The number of halogens is 1. The molecule has 1 aromatic heterocycles. The summed E-state index contributed by atoms with van der Waals surface area (Å²) in [7, 11) is 2.03. The molecule has 1 atom stereocenters. The first-order chi connectivity index (χ1) is 7.43. The summed E-state index contributed by atoms with van der Waals surface area (Å²) in [5.74, 6) is 0. The average Bonchev–Trinajstić information content (AvgIpc) is 2.19. The fourth-order valence-corrected chi connectivity index (χ4v) is 2.09. The molecule has 1 aromatic rings. The molecule has 1 heterocycles. The predicted octanol–water partition coefficient (Wildman–Crippen LogP) is 3.41. The fraction of sp³-hybridized carbons (Fsp3) is 0.615. The largest absolute Gasteiger partial charge is 0.316 e. The van der Waals surface area contributed by atoms with Crippen molar-refractivity contribution in [1.29, 1.82) is 0 Å². The highest BCUT2D eigenvalue weighted by molar-refractivity contribution is 9.10. The second-order valence-corrected chi connectivity index (χ2v) is 6.13. The smallest absolute Gasteiger partial charge is 0.0413 e. The highest BCUT2D eigenvalue weighted by Crippen LogP contribution is 2.22. The van der Waals surface area contributed by atoms with Crippen molar-refractivity contribution in [1.82, 2.24) is 10.3 Å². The first-order valence-corrected chi connectivity index (χ1v) is 6.50. The van der Waals surface area contributed by atoms with Gasteiger partial charge in [-0.05, 0) is 53.4 Å².